The number of hydrogen-bond acceptors (Lipinski definition) is 5. The second kappa shape index (κ2) is 11.7. The van der Waals surface area contributed by atoms with E-state index in [9.17, 15) is 9.59 Å². The van der Waals surface area contributed by atoms with E-state index < -0.39 is 0 Å². The number of nitrogens with one attached hydrogen (secondary N) is 2. The molecule has 3 aromatic rings. The zero-order chi connectivity index (χ0) is 25.7. The fourth-order valence-corrected chi connectivity index (χ4v) is 4.95. The summed E-state index contributed by atoms with van der Waals surface area (Å²) in [4.78, 5) is 29.2. The first kappa shape index (κ1) is 25.9. The first-order valence-corrected chi connectivity index (χ1v) is 12.8. The van der Waals surface area contributed by atoms with E-state index in [1.54, 1.807) is 31.4 Å². The fraction of sp³-hybridized carbons (Fsp3) is 0.192. The number of rotatable bonds is 5. The molecule has 0 saturated carbocycles. The number of ether oxygens (including phenoxy) is 1. The number of halogens is 2. The van der Waals surface area contributed by atoms with Gasteiger partial charge in [0.2, 0.25) is 0 Å². The highest BCUT2D eigenvalue weighted by molar-refractivity contribution is 9.10. The standard InChI is InChI=1S/C26H24BrClN4O3S/c1-35-23-10-7-18(15-20(23)27)24(33)30-26(36)29-19-8-9-22(21(28)16-19)31-11-13-32(14-12-31)25(34)17-5-3-2-4-6-17/h2-10,15-16H,11-14H2,1H3,(H2,29,30,33,36). The Kier molecular flexibility index (Phi) is 8.45. The van der Waals surface area contributed by atoms with Gasteiger partial charge in [0.05, 0.1) is 22.3 Å². The third kappa shape index (κ3) is 6.16. The Hall–Kier alpha value is -3.14. The maximum atomic E-state index is 12.7. The molecular formula is C26H24BrClN4O3S. The number of methoxy groups -OCH3 is 1. The Balaban J connectivity index is 1.32. The monoisotopic (exact) mass is 586 g/mol. The molecule has 36 heavy (non-hydrogen) atoms. The van der Waals surface area contributed by atoms with Crippen molar-refractivity contribution in [2.24, 2.45) is 0 Å². The van der Waals surface area contributed by atoms with Gasteiger partial charge in [-0.15, -0.1) is 0 Å². The lowest BCUT2D eigenvalue weighted by Gasteiger charge is -2.36. The Morgan fingerprint density at radius 1 is 0.972 bits per heavy atom. The molecule has 0 unspecified atom stereocenters. The molecule has 186 valence electrons. The van der Waals surface area contributed by atoms with E-state index in [-0.39, 0.29) is 16.9 Å². The van der Waals surface area contributed by atoms with Crippen LogP contribution in [0.1, 0.15) is 20.7 Å². The van der Waals surface area contributed by atoms with Crippen LogP contribution in [0.2, 0.25) is 5.02 Å². The van der Waals surface area contributed by atoms with Crippen molar-refractivity contribution in [3.05, 3.63) is 87.4 Å². The number of benzene rings is 3. The van der Waals surface area contributed by atoms with Crippen molar-refractivity contribution in [3.63, 3.8) is 0 Å². The molecule has 0 aromatic heterocycles. The van der Waals surface area contributed by atoms with Crippen molar-refractivity contribution in [3.8, 4) is 5.75 Å². The minimum absolute atomic E-state index is 0.0402. The zero-order valence-electron chi connectivity index (χ0n) is 19.5. The largest absolute Gasteiger partial charge is 0.496 e. The maximum Gasteiger partial charge on any atom is 0.257 e. The van der Waals surface area contributed by atoms with Crippen molar-refractivity contribution in [2.45, 2.75) is 0 Å². The SMILES string of the molecule is COc1ccc(C(=O)NC(=S)Nc2ccc(N3CCN(C(=O)c4ccccc4)CC3)c(Cl)c2)cc1Br. The highest BCUT2D eigenvalue weighted by Crippen LogP contribution is 2.30. The normalized spacial score (nSPS) is 13.2. The second-order valence-corrected chi connectivity index (χ2v) is 9.74. The molecule has 2 amide bonds. The van der Waals surface area contributed by atoms with Crippen LogP contribution in [0.5, 0.6) is 5.75 Å². The summed E-state index contributed by atoms with van der Waals surface area (Å²) in [7, 11) is 1.56. The molecule has 4 rings (SSSR count). The van der Waals surface area contributed by atoms with Gasteiger partial charge < -0.3 is 19.9 Å². The predicted octanol–water partition coefficient (Wildman–Crippen LogP) is 5.20. The molecule has 1 fully saturated rings. The lowest BCUT2D eigenvalue weighted by molar-refractivity contribution is 0.0746. The lowest BCUT2D eigenvalue weighted by atomic mass is 10.1. The molecule has 2 N–H and O–H groups in total. The summed E-state index contributed by atoms with van der Waals surface area (Å²) in [6.45, 7) is 2.58. The van der Waals surface area contributed by atoms with Crippen molar-refractivity contribution in [1.82, 2.24) is 10.2 Å². The zero-order valence-corrected chi connectivity index (χ0v) is 22.6. The lowest BCUT2D eigenvalue weighted by Crippen LogP contribution is -2.48. The van der Waals surface area contributed by atoms with Gasteiger partial charge in [-0.25, -0.2) is 0 Å². The minimum Gasteiger partial charge on any atom is -0.496 e. The Bertz CT molecular complexity index is 1280. The summed E-state index contributed by atoms with van der Waals surface area (Å²) >= 11 is 15.3. The van der Waals surface area contributed by atoms with Gasteiger partial charge >= 0.3 is 0 Å². The summed E-state index contributed by atoms with van der Waals surface area (Å²) in [6, 6.07) is 19.8. The number of carbonyl (C=O) groups excluding carboxylic acids is 2. The van der Waals surface area contributed by atoms with Crippen LogP contribution >= 0.6 is 39.7 Å². The van der Waals surface area contributed by atoms with E-state index in [4.69, 9.17) is 28.6 Å². The van der Waals surface area contributed by atoms with Crippen molar-refractivity contribution < 1.29 is 14.3 Å². The van der Waals surface area contributed by atoms with Gasteiger partial charge in [0, 0.05) is 43.0 Å². The molecule has 0 bridgehead atoms. The number of amides is 2. The number of anilines is 2. The number of carbonyl (C=O) groups is 2. The molecular weight excluding hydrogens is 564 g/mol. The molecule has 1 aliphatic heterocycles. The van der Waals surface area contributed by atoms with Gasteiger partial charge in [-0.1, -0.05) is 29.8 Å². The van der Waals surface area contributed by atoms with Crippen molar-refractivity contribution in [1.29, 1.82) is 0 Å². The van der Waals surface area contributed by atoms with Crippen LogP contribution < -0.4 is 20.3 Å². The first-order chi connectivity index (χ1) is 17.4. The Morgan fingerprint density at radius 3 is 2.33 bits per heavy atom. The van der Waals surface area contributed by atoms with Crippen molar-refractivity contribution in [2.75, 3.05) is 43.5 Å². The average molecular weight is 588 g/mol. The molecule has 7 nitrogen and oxygen atoms in total. The number of thiocarbonyl (C=S) groups is 1. The van der Waals surface area contributed by atoms with Gasteiger partial charge in [0.25, 0.3) is 11.8 Å². The third-order valence-electron chi connectivity index (χ3n) is 5.77. The van der Waals surface area contributed by atoms with Gasteiger partial charge in [0.1, 0.15) is 5.75 Å². The Morgan fingerprint density at radius 2 is 1.69 bits per heavy atom. The maximum absolute atomic E-state index is 12.7. The molecule has 3 aromatic carbocycles. The van der Waals surface area contributed by atoms with Crippen LogP contribution in [-0.2, 0) is 0 Å². The van der Waals surface area contributed by atoms with E-state index in [0.29, 0.717) is 58.2 Å². The number of piperazine rings is 1. The molecule has 0 atom stereocenters. The van der Waals surface area contributed by atoms with Gasteiger partial charge in [-0.2, -0.15) is 0 Å². The van der Waals surface area contributed by atoms with E-state index in [1.807, 2.05) is 47.4 Å². The molecule has 1 saturated heterocycles. The quantitative estimate of drug-likeness (QED) is 0.400. The summed E-state index contributed by atoms with van der Waals surface area (Å²) in [5.41, 5.74) is 2.67. The second-order valence-electron chi connectivity index (χ2n) is 8.07. The van der Waals surface area contributed by atoms with E-state index in [2.05, 4.69) is 31.5 Å². The van der Waals surface area contributed by atoms with Gasteiger partial charge in [-0.3, -0.25) is 14.9 Å². The van der Waals surface area contributed by atoms with Crippen LogP contribution in [0.3, 0.4) is 0 Å². The van der Waals surface area contributed by atoms with Crippen LogP contribution in [0.25, 0.3) is 0 Å². The summed E-state index contributed by atoms with van der Waals surface area (Å²) in [5.74, 6) is 0.325. The number of nitrogens with zero attached hydrogens (tertiary/aromatic N) is 2. The Labute approximate surface area is 228 Å². The first-order valence-electron chi connectivity index (χ1n) is 11.2. The fourth-order valence-electron chi connectivity index (χ4n) is 3.90. The van der Waals surface area contributed by atoms with Crippen molar-refractivity contribution >= 4 is 68.1 Å². The highest BCUT2D eigenvalue weighted by atomic mass is 79.9. The van der Waals surface area contributed by atoms with Crippen LogP contribution in [0.15, 0.2) is 71.2 Å². The van der Waals surface area contributed by atoms with Gasteiger partial charge in [0.15, 0.2) is 5.11 Å². The molecule has 0 spiro atoms. The van der Waals surface area contributed by atoms with Gasteiger partial charge in [-0.05, 0) is 76.7 Å². The molecule has 10 heteroatoms. The smallest absolute Gasteiger partial charge is 0.257 e. The van der Waals surface area contributed by atoms with Crippen LogP contribution in [0, 0.1) is 0 Å². The molecule has 1 aliphatic rings. The van der Waals surface area contributed by atoms with E-state index >= 15 is 0 Å². The van der Waals surface area contributed by atoms with Crippen LogP contribution in [-0.4, -0.2) is 55.1 Å². The highest BCUT2D eigenvalue weighted by Gasteiger charge is 2.23. The number of hydrogen-bond donors (Lipinski definition) is 2. The van der Waals surface area contributed by atoms with E-state index in [1.165, 1.54) is 0 Å². The third-order valence-corrected chi connectivity index (χ3v) is 6.90. The summed E-state index contributed by atoms with van der Waals surface area (Å²) in [6.07, 6.45) is 0. The molecule has 0 radical (unpaired) electrons. The average Bonchev–Trinajstić information content (AvgIpc) is 2.89. The molecule has 1 heterocycles. The molecule has 0 aliphatic carbocycles. The van der Waals surface area contributed by atoms with Crippen LogP contribution in [0.4, 0.5) is 11.4 Å². The van der Waals surface area contributed by atoms with E-state index in [0.717, 1.165) is 5.69 Å². The minimum atomic E-state index is -0.346. The summed E-state index contributed by atoms with van der Waals surface area (Å²) in [5, 5.41) is 6.37. The predicted molar refractivity (Wildman–Crippen MR) is 150 cm³/mol. The summed E-state index contributed by atoms with van der Waals surface area (Å²) < 4.78 is 5.86. The topological polar surface area (TPSA) is 73.9 Å².